The standard InChI is InChI=1S/C27H33F2N7O4.C20H32BN3O4.C13H13ClF2N4O2/c1-16(18-11-22(37)31-14-18)39-24-23-20(32-15-36(23)25(28)29)12-19(33-24)17-5-6-21(30-13-17)34-7-9-35(10-8-34)26(38)40-27(2,3)4;1-18(2,3)26-17(25)24-12-10-23(11-13-24)16-9-8-15(14-22-16)21-27-19(4,5)20(6,7)28-21;1-6(7-2-10(21)17-4-7)22-12-11-8(3-9(14)19-12)18-5-20(11)13(15)16/h5-6,12-13,15-16,18,25H,7-11,14H2,1-4H3,(H,31,37);8-9,14H,10-13H2,1-7H3;3,5-7,13H,2,4H2,1H3,(H,17,21)/t16-,18-;;6-,7-/m1.1/s1. The van der Waals surface area contributed by atoms with Gasteiger partial charge in [0.25, 0.3) is 0 Å². The first-order chi connectivity index (χ1) is 42.3. The number of aromatic nitrogens is 8. The number of nitrogens with one attached hydrogen (secondary N) is 2. The number of piperazine rings is 2. The number of hydrogen-bond acceptors (Lipinski definition) is 18. The van der Waals surface area contributed by atoms with Gasteiger partial charge >= 0.3 is 32.4 Å². The molecular weight excluding hydrogens is 1200 g/mol. The zero-order valence-corrected chi connectivity index (χ0v) is 53.4. The van der Waals surface area contributed by atoms with E-state index in [0.29, 0.717) is 86.5 Å². The fourth-order valence-corrected chi connectivity index (χ4v) is 10.6. The molecule has 30 heteroatoms. The average Bonchev–Trinajstić information content (AvgIpc) is 1.79. The minimum Gasteiger partial charge on any atom is -0.473 e. The molecule has 6 aromatic rings. The number of alkyl halides is 4. The Labute approximate surface area is 524 Å². The van der Waals surface area contributed by atoms with Crippen LogP contribution in [0.15, 0.2) is 61.4 Å². The van der Waals surface area contributed by atoms with Crippen LogP contribution in [0.3, 0.4) is 0 Å². The molecule has 0 unspecified atom stereocenters. The molecule has 0 radical (unpaired) electrons. The Morgan fingerprint density at radius 2 is 1.07 bits per heavy atom. The van der Waals surface area contributed by atoms with Crippen LogP contribution in [0.5, 0.6) is 11.8 Å². The number of carbonyl (C=O) groups is 4. The normalized spacial score (nSPS) is 19.9. The third kappa shape index (κ3) is 16.0. The minimum atomic E-state index is -2.82. The Hall–Kier alpha value is -7.79. The Morgan fingerprint density at radius 3 is 1.46 bits per heavy atom. The summed E-state index contributed by atoms with van der Waals surface area (Å²) in [6, 6.07) is 10.7. The average molecular weight is 1280 g/mol. The van der Waals surface area contributed by atoms with Crippen LogP contribution in [0.4, 0.5) is 38.8 Å². The molecule has 5 saturated heterocycles. The van der Waals surface area contributed by atoms with Crippen LogP contribution >= 0.6 is 11.6 Å². The summed E-state index contributed by atoms with van der Waals surface area (Å²) in [6.07, 6.45) is 4.81. The van der Waals surface area contributed by atoms with E-state index in [1.165, 1.54) is 6.07 Å². The molecule has 90 heavy (non-hydrogen) atoms. The van der Waals surface area contributed by atoms with E-state index in [-0.39, 0.29) is 86.6 Å². The number of anilines is 2. The molecule has 5 fully saturated rings. The van der Waals surface area contributed by atoms with Crippen LogP contribution in [-0.2, 0) is 28.4 Å². The molecule has 2 N–H and O–H groups in total. The summed E-state index contributed by atoms with van der Waals surface area (Å²) < 4.78 is 89.8. The lowest BCUT2D eigenvalue weighted by Crippen LogP contribution is -2.50. The molecule has 5 aliphatic heterocycles. The van der Waals surface area contributed by atoms with Gasteiger partial charge in [-0.1, -0.05) is 17.7 Å². The van der Waals surface area contributed by atoms with Gasteiger partial charge in [-0.15, -0.1) is 0 Å². The first-order valence-corrected chi connectivity index (χ1v) is 30.3. The maximum Gasteiger partial charge on any atom is 0.496 e. The molecule has 0 aromatic carbocycles. The van der Waals surface area contributed by atoms with Gasteiger partial charge in [-0.05, 0) is 107 Å². The predicted octanol–water partition coefficient (Wildman–Crippen LogP) is 8.67. The van der Waals surface area contributed by atoms with Crippen molar-refractivity contribution >= 4 is 81.9 Å². The second kappa shape index (κ2) is 27.0. The van der Waals surface area contributed by atoms with Crippen molar-refractivity contribution in [2.45, 2.75) is 144 Å². The maximum absolute atomic E-state index is 13.7. The largest absolute Gasteiger partial charge is 0.496 e. The van der Waals surface area contributed by atoms with Gasteiger partial charge in [0, 0.05) is 120 Å². The predicted molar refractivity (Wildman–Crippen MR) is 328 cm³/mol. The second-order valence-electron chi connectivity index (χ2n) is 25.7. The van der Waals surface area contributed by atoms with Gasteiger partial charge in [0.2, 0.25) is 23.6 Å². The molecular formula is C60H78BClF4N14O10. The molecule has 4 amide bonds. The van der Waals surface area contributed by atoms with Crippen molar-refractivity contribution in [3.05, 3.63) is 66.6 Å². The van der Waals surface area contributed by atoms with Crippen LogP contribution in [-0.4, -0.2) is 180 Å². The summed E-state index contributed by atoms with van der Waals surface area (Å²) in [5, 5.41) is 5.58. The summed E-state index contributed by atoms with van der Waals surface area (Å²) in [5.41, 5.74) is 1.08. The van der Waals surface area contributed by atoms with Gasteiger partial charge < -0.3 is 58.5 Å². The molecule has 0 saturated carbocycles. The Bertz CT molecular complexity index is 3500. The van der Waals surface area contributed by atoms with Crippen LogP contribution in [0.1, 0.15) is 109 Å². The molecule has 4 atom stereocenters. The number of amides is 4. The van der Waals surface area contributed by atoms with E-state index in [0.717, 1.165) is 47.4 Å². The number of rotatable bonds is 12. The van der Waals surface area contributed by atoms with E-state index in [1.54, 1.807) is 35.9 Å². The molecule has 24 nitrogen and oxygen atoms in total. The zero-order valence-electron chi connectivity index (χ0n) is 52.6. The van der Waals surface area contributed by atoms with Crippen LogP contribution < -0.4 is 35.4 Å². The molecule has 11 rings (SSSR count). The third-order valence-corrected chi connectivity index (χ3v) is 16.4. The summed E-state index contributed by atoms with van der Waals surface area (Å²) in [6.45, 7) is 23.2. The Morgan fingerprint density at radius 1 is 0.633 bits per heavy atom. The molecule has 0 bridgehead atoms. The zero-order chi connectivity index (χ0) is 65.2. The summed E-state index contributed by atoms with van der Waals surface area (Å²) in [7, 11) is -0.407. The van der Waals surface area contributed by atoms with Gasteiger partial charge in [0.05, 0.1) is 27.9 Å². The quantitative estimate of drug-likeness (QED) is 0.0661. The molecule has 6 aromatic heterocycles. The highest BCUT2D eigenvalue weighted by molar-refractivity contribution is 6.62. The highest BCUT2D eigenvalue weighted by Gasteiger charge is 2.52. The van der Waals surface area contributed by atoms with E-state index >= 15 is 0 Å². The smallest absolute Gasteiger partial charge is 0.473 e. The van der Waals surface area contributed by atoms with Gasteiger partial charge in [0.15, 0.2) is 0 Å². The van der Waals surface area contributed by atoms with E-state index in [2.05, 4.69) is 50.3 Å². The first-order valence-electron chi connectivity index (χ1n) is 29.9. The molecule has 11 heterocycles. The number of nitrogens with zero attached hydrogens (tertiary/aromatic N) is 12. The van der Waals surface area contributed by atoms with Crippen molar-refractivity contribution in [3.63, 3.8) is 0 Å². The van der Waals surface area contributed by atoms with Crippen LogP contribution in [0.2, 0.25) is 5.15 Å². The SMILES string of the molecule is CC(C)(C)OC(=O)N1CCN(c2ccc(B3OC(C)(C)C(C)(C)O3)cn2)CC1.C[C@@H](Oc1nc(-c2ccc(N3CCN(C(=O)OC(C)(C)C)CC3)nc2)cc2ncn(C(F)F)c12)[C@H]1CNC(=O)C1.C[C@@H](Oc1nc(Cl)cc2ncn(C(F)F)c12)[C@H]1CNC(=O)C1. The minimum absolute atomic E-state index is 0.00727. The van der Waals surface area contributed by atoms with Crippen LogP contribution in [0.25, 0.3) is 33.3 Å². The van der Waals surface area contributed by atoms with Gasteiger partial charge in [-0.2, -0.15) is 22.5 Å². The monoisotopic (exact) mass is 1280 g/mol. The van der Waals surface area contributed by atoms with Gasteiger partial charge in [-0.25, -0.2) is 34.5 Å². The fraction of sp³-hybridized carbons (Fsp3) is 0.567. The topological polar surface area (TPSA) is 248 Å². The molecule has 0 aliphatic carbocycles. The maximum atomic E-state index is 13.7. The molecule has 5 aliphatic rings. The Kier molecular flexibility index (Phi) is 20.0. The first kappa shape index (κ1) is 66.6. The van der Waals surface area contributed by atoms with Crippen molar-refractivity contribution in [1.82, 2.24) is 59.5 Å². The third-order valence-electron chi connectivity index (χ3n) is 16.2. The summed E-state index contributed by atoms with van der Waals surface area (Å²) in [5.74, 6) is 1.39. The van der Waals surface area contributed by atoms with Crippen LogP contribution in [0, 0.1) is 11.8 Å². The molecule has 486 valence electrons. The highest BCUT2D eigenvalue weighted by Crippen LogP contribution is 2.38. The Balaban J connectivity index is 0.000000168. The summed E-state index contributed by atoms with van der Waals surface area (Å²) in [4.78, 5) is 81.0. The summed E-state index contributed by atoms with van der Waals surface area (Å²) >= 11 is 5.88. The van der Waals surface area contributed by atoms with E-state index in [1.807, 2.05) is 99.7 Å². The number of pyridine rings is 4. The number of carbonyl (C=O) groups excluding carboxylic acids is 4. The fourth-order valence-electron chi connectivity index (χ4n) is 10.4. The second-order valence-corrected chi connectivity index (χ2v) is 26.1. The number of hydrogen-bond donors (Lipinski definition) is 2. The van der Waals surface area contributed by atoms with Crippen molar-refractivity contribution in [1.29, 1.82) is 0 Å². The van der Waals surface area contributed by atoms with Crippen molar-refractivity contribution in [3.8, 4) is 23.0 Å². The van der Waals surface area contributed by atoms with E-state index in [9.17, 15) is 36.7 Å². The van der Waals surface area contributed by atoms with E-state index < -0.39 is 37.5 Å². The van der Waals surface area contributed by atoms with Crippen molar-refractivity contribution < 1.29 is 65.0 Å². The number of halogens is 5. The lowest BCUT2D eigenvalue weighted by molar-refractivity contribution is -0.120. The van der Waals surface area contributed by atoms with Crippen molar-refractivity contribution in [2.75, 3.05) is 75.2 Å². The van der Waals surface area contributed by atoms with Gasteiger partial charge in [0.1, 0.15) is 63.9 Å². The number of ether oxygens (including phenoxy) is 4. The van der Waals surface area contributed by atoms with Gasteiger partial charge in [-0.3, -0.25) is 18.7 Å². The number of fused-ring (bicyclic) bond motifs is 2. The van der Waals surface area contributed by atoms with E-state index in [4.69, 9.17) is 39.9 Å². The molecule has 0 spiro atoms. The highest BCUT2D eigenvalue weighted by atomic mass is 35.5. The number of imidazole rings is 2. The lowest BCUT2D eigenvalue weighted by atomic mass is 9.80. The lowest BCUT2D eigenvalue weighted by Gasteiger charge is -2.36. The van der Waals surface area contributed by atoms with Crippen molar-refractivity contribution in [2.24, 2.45) is 11.8 Å².